The number of fused-ring (bicyclic) bond motifs is 1. The lowest BCUT2D eigenvalue weighted by Gasteiger charge is -2.41. The van der Waals surface area contributed by atoms with Crippen molar-refractivity contribution in [2.75, 3.05) is 11.9 Å². The number of nitrogens with zero attached hydrogens (tertiary/aromatic N) is 1. The largest absolute Gasteiger partial charge is 0.371 e. The number of hydrogen-bond donors (Lipinski definition) is 0. The van der Waals surface area contributed by atoms with Gasteiger partial charge in [-0.25, -0.2) is 0 Å². The van der Waals surface area contributed by atoms with Gasteiger partial charge in [0, 0.05) is 18.8 Å². The molecule has 1 aliphatic heterocycles. The third kappa shape index (κ3) is 1.95. The van der Waals surface area contributed by atoms with Crippen molar-refractivity contribution in [2.24, 2.45) is 5.92 Å². The Bertz CT molecular complexity index is 345. The van der Waals surface area contributed by atoms with Gasteiger partial charge in [0.1, 0.15) is 0 Å². The average Bonchev–Trinajstić information content (AvgIpc) is 2.33. The fraction of sp³-hybridized carbons (Fsp3) is 0.600. The van der Waals surface area contributed by atoms with E-state index >= 15 is 0 Å². The van der Waals surface area contributed by atoms with Gasteiger partial charge < -0.3 is 4.90 Å². The van der Waals surface area contributed by atoms with Crippen LogP contribution in [0.4, 0.5) is 5.69 Å². The molecule has 0 bridgehead atoms. The van der Waals surface area contributed by atoms with Crippen LogP contribution in [0.1, 0.15) is 38.7 Å². The molecule has 2 atom stereocenters. The van der Waals surface area contributed by atoms with Crippen molar-refractivity contribution in [3.63, 3.8) is 0 Å². The molecular formula is C15H23N. The quantitative estimate of drug-likeness (QED) is 0.743. The van der Waals surface area contributed by atoms with Crippen molar-refractivity contribution in [1.82, 2.24) is 0 Å². The molecule has 1 heterocycles. The van der Waals surface area contributed by atoms with Crippen LogP contribution in [0.15, 0.2) is 24.3 Å². The van der Waals surface area contributed by atoms with E-state index in [9.17, 15) is 0 Å². The molecule has 1 nitrogen and oxygen atoms in total. The minimum atomic E-state index is 0.741. The van der Waals surface area contributed by atoms with Gasteiger partial charge in [-0.15, -0.1) is 0 Å². The molecule has 88 valence electrons. The summed E-state index contributed by atoms with van der Waals surface area (Å²) in [5, 5.41) is 0. The van der Waals surface area contributed by atoms with Crippen molar-refractivity contribution < 1.29 is 0 Å². The van der Waals surface area contributed by atoms with E-state index in [0.717, 1.165) is 12.0 Å². The normalized spacial score (nSPS) is 24.3. The molecule has 0 spiro atoms. The van der Waals surface area contributed by atoms with E-state index in [2.05, 4.69) is 50.1 Å². The minimum Gasteiger partial charge on any atom is -0.371 e. The summed E-state index contributed by atoms with van der Waals surface area (Å²) in [6.07, 6.45) is 5.17. The summed E-state index contributed by atoms with van der Waals surface area (Å²) in [6.45, 7) is 4.62. The first kappa shape index (κ1) is 11.5. The van der Waals surface area contributed by atoms with Crippen LogP contribution in [-0.2, 0) is 6.42 Å². The monoisotopic (exact) mass is 217 g/mol. The van der Waals surface area contributed by atoms with E-state index < -0.39 is 0 Å². The van der Waals surface area contributed by atoms with Crippen molar-refractivity contribution >= 4 is 5.69 Å². The predicted molar refractivity (Wildman–Crippen MR) is 71.0 cm³/mol. The van der Waals surface area contributed by atoms with Crippen LogP contribution >= 0.6 is 0 Å². The van der Waals surface area contributed by atoms with Crippen LogP contribution < -0.4 is 4.90 Å². The molecule has 1 heteroatoms. The number of hydrogen-bond acceptors (Lipinski definition) is 1. The van der Waals surface area contributed by atoms with Crippen LogP contribution in [0.5, 0.6) is 0 Å². The molecule has 16 heavy (non-hydrogen) atoms. The smallest absolute Gasteiger partial charge is 0.0398 e. The highest BCUT2D eigenvalue weighted by Gasteiger charge is 2.29. The van der Waals surface area contributed by atoms with Gasteiger partial charge in [-0.05, 0) is 30.4 Å². The highest BCUT2D eigenvalue weighted by molar-refractivity contribution is 5.56. The maximum Gasteiger partial charge on any atom is 0.0398 e. The third-order valence-corrected chi connectivity index (χ3v) is 4.00. The SMILES string of the molecule is CCCC1C(CC)Cc2ccccc2N1C. The Morgan fingerprint density at radius 2 is 2.00 bits per heavy atom. The first-order valence-corrected chi connectivity index (χ1v) is 6.58. The Balaban J connectivity index is 2.30. The van der Waals surface area contributed by atoms with Crippen molar-refractivity contribution in [3.05, 3.63) is 29.8 Å². The highest BCUT2D eigenvalue weighted by Crippen LogP contribution is 2.35. The lowest BCUT2D eigenvalue weighted by Crippen LogP contribution is -2.42. The lowest BCUT2D eigenvalue weighted by molar-refractivity contribution is 0.356. The maximum atomic E-state index is 2.51. The summed E-state index contributed by atoms with van der Waals surface area (Å²) in [4.78, 5) is 2.51. The van der Waals surface area contributed by atoms with Gasteiger partial charge in [0.05, 0.1) is 0 Å². The summed E-state index contributed by atoms with van der Waals surface area (Å²) in [6, 6.07) is 9.62. The van der Waals surface area contributed by atoms with Crippen LogP contribution in [0.3, 0.4) is 0 Å². The van der Waals surface area contributed by atoms with Crippen molar-refractivity contribution in [1.29, 1.82) is 0 Å². The zero-order valence-electron chi connectivity index (χ0n) is 10.7. The number of anilines is 1. The molecule has 0 N–H and O–H groups in total. The Morgan fingerprint density at radius 1 is 1.25 bits per heavy atom. The molecule has 1 aliphatic rings. The average molecular weight is 217 g/mol. The van der Waals surface area contributed by atoms with E-state index in [1.807, 2.05) is 0 Å². The molecule has 0 saturated carbocycles. The molecule has 2 rings (SSSR count). The fourth-order valence-corrected chi connectivity index (χ4v) is 3.08. The highest BCUT2D eigenvalue weighted by atomic mass is 15.1. The van der Waals surface area contributed by atoms with Gasteiger partial charge in [0.15, 0.2) is 0 Å². The molecular weight excluding hydrogens is 194 g/mol. The molecule has 0 saturated heterocycles. The summed E-state index contributed by atoms with van der Waals surface area (Å²) >= 11 is 0. The number of para-hydroxylation sites is 1. The summed E-state index contributed by atoms with van der Waals surface area (Å²) in [5.41, 5.74) is 2.98. The fourth-order valence-electron chi connectivity index (χ4n) is 3.08. The van der Waals surface area contributed by atoms with Crippen LogP contribution in [0.2, 0.25) is 0 Å². The molecule has 2 unspecified atom stereocenters. The molecule has 0 aliphatic carbocycles. The van der Waals surface area contributed by atoms with Gasteiger partial charge in [-0.1, -0.05) is 44.9 Å². The van der Waals surface area contributed by atoms with Gasteiger partial charge in [-0.2, -0.15) is 0 Å². The molecule has 0 amide bonds. The van der Waals surface area contributed by atoms with E-state index in [1.165, 1.54) is 36.9 Å². The zero-order valence-corrected chi connectivity index (χ0v) is 10.7. The second-order valence-electron chi connectivity index (χ2n) is 4.97. The number of benzene rings is 1. The first-order chi connectivity index (χ1) is 7.77. The minimum absolute atomic E-state index is 0.741. The first-order valence-electron chi connectivity index (χ1n) is 6.58. The summed E-state index contributed by atoms with van der Waals surface area (Å²) in [7, 11) is 2.26. The zero-order chi connectivity index (χ0) is 11.5. The number of rotatable bonds is 3. The summed E-state index contributed by atoms with van der Waals surface area (Å²) < 4.78 is 0. The predicted octanol–water partition coefficient (Wildman–Crippen LogP) is 3.87. The Labute approximate surface area is 99.5 Å². The summed E-state index contributed by atoms with van der Waals surface area (Å²) in [5.74, 6) is 0.833. The molecule has 1 aromatic rings. The van der Waals surface area contributed by atoms with Gasteiger partial charge in [-0.3, -0.25) is 0 Å². The maximum absolute atomic E-state index is 2.51. The van der Waals surface area contributed by atoms with E-state index in [1.54, 1.807) is 0 Å². The standard InChI is InChI=1S/C15H23N/c1-4-8-14-12(5-2)11-13-9-6-7-10-15(13)16(14)3/h6-7,9-10,12,14H,4-5,8,11H2,1-3H3. The Hall–Kier alpha value is -0.980. The van der Waals surface area contributed by atoms with Crippen molar-refractivity contribution in [3.8, 4) is 0 Å². The van der Waals surface area contributed by atoms with Crippen LogP contribution in [0, 0.1) is 5.92 Å². The van der Waals surface area contributed by atoms with Crippen LogP contribution in [-0.4, -0.2) is 13.1 Å². The molecule has 1 aromatic carbocycles. The van der Waals surface area contributed by atoms with E-state index in [-0.39, 0.29) is 0 Å². The Morgan fingerprint density at radius 3 is 2.69 bits per heavy atom. The lowest BCUT2D eigenvalue weighted by atomic mass is 9.82. The topological polar surface area (TPSA) is 3.24 Å². The van der Waals surface area contributed by atoms with Gasteiger partial charge >= 0.3 is 0 Å². The van der Waals surface area contributed by atoms with Crippen LogP contribution in [0.25, 0.3) is 0 Å². The van der Waals surface area contributed by atoms with Gasteiger partial charge in [0.2, 0.25) is 0 Å². The van der Waals surface area contributed by atoms with Crippen molar-refractivity contribution in [2.45, 2.75) is 45.6 Å². The molecule has 0 aromatic heterocycles. The Kier molecular flexibility index (Phi) is 3.52. The third-order valence-electron chi connectivity index (χ3n) is 4.00. The molecule has 0 fully saturated rings. The van der Waals surface area contributed by atoms with Gasteiger partial charge in [0.25, 0.3) is 0 Å². The van der Waals surface area contributed by atoms with E-state index in [0.29, 0.717) is 0 Å². The van der Waals surface area contributed by atoms with E-state index in [4.69, 9.17) is 0 Å². The second-order valence-corrected chi connectivity index (χ2v) is 4.97. The molecule has 0 radical (unpaired) electrons. The second kappa shape index (κ2) is 4.90.